The predicted molar refractivity (Wildman–Crippen MR) is 143 cm³/mol. The summed E-state index contributed by atoms with van der Waals surface area (Å²) in [4.78, 5) is 24.5. The van der Waals surface area contributed by atoms with Gasteiger partial charge in [-0.2, -0.15) is 0 Å². The van der Waals surface area contributed by atoms with E-state index in [1.165, 1.54) is 0 Å². The topological polar surface area (TPSA) is 75.6 Å². The number of ether oxygens (including phenoxy) is 1. The highest BCUT2D eigenvalue weighted by Gasteiger charge is 2.29. The fourth-order valence-corrected chi connectivity index (χ4v) is 4.96. The molecule has 5 nitrogen and oxygen atoms in total. The van der Waals surface area contributed by atoms with Crippen molar-refractivity contribution >= 4 is 28.0 Å². The van der Waals surface area contributed by atoms with E-state index in [-0.39, 0.29) is 18.9 Å². The van der Waals surface area contributed by atoms with Gasteiger partial charge in [-0.05, 0) is 51.1 Å². The summed E-state index contributed by atoms with van der Waals surface area (Å²) in [5.74, 6) is -1.20. The van der Waals surface area contributed by atoms with E-state index in [2.05, 4.69) is 33.4 Å². The number of benzene rings is 4. The molecule has 0 bridgehead atoms. The SMILES string of the molecule is O=C(N[C@@H](Cc1ccc(-c2ccc(Br)cc2)cc1)C(=O)O)OCC1c2ccccc2-c2ccccc21. The average molecular weight is 542 g/mol. The van der Waals surface area contributed by atoms with Crippen molar-refractivity contribution in [2.24, 2.45) is 0 Å². The van der Waals surface area contributed by atoms with Gasteiger partial charge in [-0.25, -0.2) is 9.59 Å². The first-order valence-electron chi connectivity index (χ1n) is 11.7. The zero-order chi connectivity index (χ0) is 25.1. The molecular weight excluding hydrogens is 518 g/mol. The molecule has 0 heterocycles. The number of carbonyl (C=O) groups is 2. The van der Waals surface area contributed by atoms with Gasteiger partial charge in [0.15, 0.2) is 0 Å². The first kappa shape index (κ1) is 23.8. The number of amides is 1. The summed E-state index contributed by atoms with van der Waals surface area (Å²) in [6.07, 6.45) is -0.587. The van der Waals surface area contributed by atoms with Gasteiger partial charge in [0.2, 0.25) is 0 Å². The van der Waals surface area contributed by atoms with Crippen molar-refractivity contribution < 1.29 is 19.4 Å². The van der Waals surface area contributed by atoms with Gasteiger partial charge in [-0.3, -0.25) is 0 Å². The van der Waals surface area contributed by atoms with Crippen LogP contribution in [-0.2, 0) is 16.0 Å². The maximum absolute atomic E-state index is 12.6. The van der Waals surface area contributed by atoms with Crippen LogP contribution in [0, 0.1) is 0 Å². The summed E-state index contributed by atoms with van der Waals surface area (Å²) in [6.45, 7) is 0.133. The standard InChI is InChI=1S/C30H24BrNO4/c31-22-15-13-21(14-16-22)20-11-9-19(10-12-20)17-28(29(33)34)32-30(35)36-18-27-25-7-3-1-5-23(25)24-6-2-4-8-26(24)27/h1-16,27-28H,17-18H2,(H,32,35)(H,33,34)/t28-/m0/s1. The summed E-state index contributed by atoms with van der Waals surface area (Å²) in [6, 6.07) is 30.7. The van der Waals surface area contributed by atoms with Crippen LogP contribution < -0.4 is 5.32 Å². The van der Waals surface area contributed by atoms with Gasteiger partial charge in [0.25, 0.3) is 0 Å². The van der Waals surface area contributed by atoms with Crippen LogP contribution in [-0.4, -0.2) is 29.8 Å². The quantitative estimate of drug-likeness (QED) is 0.274. The van der Waals surface area contributed by atoms with E-state index < -0.39 is 18.1 Å². The number of carbonyl (C=O) groups excluding carboxylic acids is 1. The van der Waals surface area contributed by atoms with Crippen LogP contribution in [0.5, 0.6) is 0 Å². The zero-order valence-corrected chi connectivity index (χ0v) is 20.9. The number of fused-ring (bicyclic) bond motifs is 3. The van der Waals surface area contributed by atoms with Crippen molar-refractivity contribution in [3.05, 3.63) is 118 Å². The monoisotopic (exact) mass is 541 g/mol. The molecule has 180 valence electrons. The number of hydrogen-bond acceptors (Lipinski definition) is 3. The number of carboxylic acid groups (broad SMARTS) is 1. The number of halogens is 1. The molecule has 36 heavy (non-hydrogen) atoms. The second kappa shape index (κ2) is 10.4. The summed E-state index contributed by atoms with van der Waals surface area (Å²) in [5.41, 5.74) is 7.38. The maximum atomic E-state index is 12.6. The molecule has 4 aromatic carbocycles. The van der Waals surface area contributed by atoms with E-state index in [0.29, 0.717) is 0 Å². The molecule has 2 N–H and O–H groups in total. The lowest BCUT2D eigenvalue weighted by Crippen LogP contribution is -2.42. The van der Waals surface area contributed by atoms with Crippen molar-refractivity contribution in [3.63, 3.8) is 0 Å². The normalized spacial score (nSPS) is 12.9. The Morgan fingerprint density at radius 1 is 0.806 bits per heavy atom. The molecule has 4 aromatic rings. The average Bonchev–Trinajstić information content (AvgIpc) is 3.22. The van der Waals surface area contributed by atoms with Crippen molar-refractivity contribution in [3.8, 4) is 22.3 Å². The second-order valence-electron chi connectivity index (χ2n) is 8.77. The van der Waals surface area contributed by atoms with Crippen molar-refractivity contribution in [2.45, 2.75) is 18.4 Å². The number of nitrogens with one attached hydrogen (secondary N) is 1. The number of rotatable bonds is 7. The van der Waals surface area contributed by atoms with Crippen LogP contribution in [0.2, 0.25) is 0 Å². The van der Waals surface area contributed by atoms with Crippen LogP contribution in [0.1, 0.15) is 22.6 Å². The Kier molecular flexibility index (Phi) is 6.87. The number of alkyl carbamates (subject to hydrolysis) is 1. The molecule has 0 unspecified atom stereocenters. The highest BCUT2D eigenvalue weighted by Crippen LogP contribution is 2.44. The Hall–Kier alpha value is -3.90. The highest BCUT2D eigenvalue weighted by atomic mass is 79.9. The largest absolute Gasteiger partial charge is 0.480 e. The minimum absolute atomic E-state index is 0.0856. The van der Waals surface area contributed by atoms with E-state index in [4.69, 9.17) is 4.74 Å². The number of aliphatic carboxylic acids is 1. The van der Waals surface area contributed by atoms with Crippen molar-refractivity contribution in [1.29, 1.82) is 0 Å². The molecule has 1 amide bonds. The number of hydrogen-bond donors (Lipinski definition) is 2. The van der Waals surface area contributed by atoms with Crippen LogP contribution >= 0.6 is 15.9 Å². The van der Waals surface area contributed by atoms with Gasteiger partial charge in [0, 0.05) is 16.8 Å². The van der Waals surface area contributed by atoms with Gasteiger partial charge in [-0.1, -0.05) is 101 Å². The van der Waals surface area contributed by atoms with Gasteiger partial charge in [0.1, 0.15) is 12.6 Å². The minimum atomic E-state index is -1.11. The molecule has 0 radical (unpaired) electrons. The molecule has 1 aliphatic carbocycles. The molecule has 0 saturated carbocycles. The molecule has 6 heteroatoms. The van der Waals surface area contributed by atoms with Gasteiger partial charge < -0.3 is 15.2 Å². The fourth-order valence-electron chi connectivity index (χ4n) is 4.69. The Morgan fingerprint density at radius 3 is 1.89 bits per heavy atom. The molecule has 0 saturated heterocycles. The molecule has 0 spiro atoms. The molecule has 1 atom stereocenters. The predicted octanol–water partition coefficient (Wildman–Crippen LogP) is 6.65. The van der Waals surface area contributed by atoms with E-state index in [9.17, 15) is 14.7 Å². The third kappa shape index (κ3) is 5.04. The summed E-state index contributed by atoms with van der Waals surface area (Å²) in [5, 5.41) is 12.2. The highest BCUT2D eigenvalue weighted by molar-refractivity contribution is 9.10. The lowest BCUT2D eigenvalue weighted by atomic mass is 9.98. The number of carboxylic acids is 1. The van der Waals surface area contributed by atoms with Gasteiger partial charge in [0.05, 0.1) is 0 Å². The van der Waals surface area contributed by atoms with E-state index in [1.54, 1.807) is 0 Å². The maximum Gasteiger partial charge on any atom is 0.407 e. The molecular formula is C30H24BrNO4. The lowest BCUT2D eigenvalue weighted by molar-refractivity contribution is -0.139. The Bertz CT molecular complexity index is 1350. The Balaban J connectivity index is 1.22. The van der Waals surface area contributed by atoms with Crippen LogP contribution in [0.3, 0.4) is 0 Å². The molecule has 5 rings (SSSR count). The second-order valence-corrected chi connectivity index (χ2v) is 9.68. The third-order valence-corrected chi connectivity index (χ3v) is 7.03. The van der Waals surface area contributed by atoms with Crippen LogP contribution in [0.25, 0.3) is 22.3 Å². The summed E-state index contributed by atoms with van der Waals surface area (Å²) >= 11 is 3.43. The van der Waals surface area contributed by atoms with Crippen LogP contribution in [0.15, 0.2) is 102 Å². The first-order valence-corrected chi connectivity index (χ1v) is 12.5. The van der Waals surface area contributed by atoms with E-state index >= 15 is 0 Å². The van der Waals surface area contributed by atoms with Crippen LogP contribution in [0.4, 0.5) is 4.79 Å². The third-order valence-electron chi connectivity index (χ3n) is 6.51. The van der Waals surface area contributed by atoms with E-state index in [1.807, 2.05) is 84.9 Å². The lowest BCUT2D eigenvalue weighted by Gasteiger charge is -2.17. The summed E-state index contributed by atoms with van der Waals surface area (Å²) < 4.78 is 6.53. The van der Waals surface area contributed by atoms with Crippen molar-refractivity contribution in [2.75, 3.05) is 6.61 Å². The zero-order valence-electron chi connectivity index (χ0n) is 19.4. The molecule has 0 aromatic heterocycles. The van der Waals surface area contributed by atoms with Gasteiger partial charge in [-0.15, -0.1) is 0 Å². The summed E-state index contributed by atoms with van der Waals surface area (Å²) in [7, 11) is 0. The fraction of sp³-hybridized carbons (Fsp3) is 0.133. The minimum Gasteiger partial charge on any atom is -0.480 e. The Labute approximate surface area is 217 Å². The molecule has 0 fully saturated rings. The van der Waals surface area contributed by atoms with E-state index in [0.717, 1.165) is 43.4 Å². The molecule has 0 aliphatic heterocycles. The van der Waals surface area contributed by atoms with Crippen molar-refractivity contribution in [1.82, 2.24) is 5.32 Å². The first-order chi connectivity index (χ1) is 17.5. The smallest absolute Gasteiger partial charge is 0.407 e. The van der Waals surface area contributed by atoms with Gasteiger partial charge >= 0.3 is 12.1 Å². The molecule has 1 aliphatic rings. The Morgan fingerprint density at radius 2 is 1.33 bits per heavy atom.